The SMILES string of the molecule is C=C(NCc1ccccc1)C1CCCN1C.C=CCn1cnnc1C(F)F.Fc1ncccc1C1CC1. The average Bonchev–Trinajstić information content (AvgIpc) is 3.47. The molecule has 1 aliphatic heterocycles. The molecule has 198 valence electrons. The lowest BCUT2D eigenvalue weighted by atomic mass is 10.1. The number of hydrogen-bond donors (Lipinski definition) is 1. The van der Waals surface area contributed by atoms with E-state index in [0.29, 0.717) is 18.5 Å². The number of likely N-dealkylation sites (tertiary alicyclic amines) is 1. The van der Waals surface area contributed by atoms with Crippen molar-refractivity contribution in [2.24, 2.45) is 0 Å². The first-order valence-corrected chi connectivity index (χ1v) is 12.4. The quantitative estimate of drug-likeness (QED) is 0.302. The van der Waals surface area contributed by atoms with Gasteiger partial charge in [0, 0.05) is 36.6 Å². The summed E-state index contributed by atoms with van der Waals surface area (Å²) < 4.78 is 38.1. The van der Waals surface area contributed by atoms with Crippen LogP contribution in [0.2, 0.25) is 0 Å². The zero-order valence-corrected chi connectivity index (χ0v) is 21.2. The van der Waals surface area contributed by atoms with Crippen molar-refractivity contribution in [3.05, 3.63) is 103 Å². The summed E-state index contributed by atoms with van der Waals surface area (Å²) in [5.41, 5.74) is 3.26. The predicted molar refractivity (Wildman–Crippen MR) is 139 cm³/mol. The molecule has 0 spiro atoms. The van der Waals surface area contributed by atoms with E-state index in [-0.39, 0.29) is 11.8 Å². The standard InChI is InChI=1S/C14H20N2.C8H8FN.C6H7F2N3/c1-12(14-9-6-10-16(14)2)15-11-13-7-4-3-5-8-13;9-8-7(6-3-4-6)2-1-5-10-8;1-2-3-11-4-9-10-6(11)5(7)8/h3-5,7-8,14-15H,1,6,9-11H2,2H3;1-2,5-6H,3-4H2;2,4-5H,1,3H2. The molecule has 2 aliphatic rings. The Bertz CT molecular complexity index is 1110. The number of hydrogen-bond acceptors (Lipinski definition) is 5. The molecule has 5 rings (SSSR count). The molecule has 2 fully saturated rings. The number of rotatable bonds is 8. The molecule has 1 saturated carbocycles. The van der Waals surface area contributed by atoms with Crippen LogP contribution < -0.4 is 5.32 Å². The maximum Gasteiger partial charge on any atom is 0.297 e. The first-order chi connectivity index (χ1) is 17.9. The van der Waals surface area contributed by atoms with Gasteiger partial charge >= 0.3 is 0 Å². The number of allylic oxidation sites excluding steroid dienone is 1. The molecule has 6 nitrogen and oxygen atoms in total. The molecule has 3 aromatic rings. The Hall–Kier alpha value is -3.46. The number of benzene rings is 1. The van der Waals surface area contributed by atoms with Crippen LogP contribution in [0.3, 0.4) is 0 Å². The molecule has 0 radical (unpaired) electrons. The van der Waals surface area contributed by atoms with Crippen molar-refractivity contribution in [3.8, 4) is 0 Å². The van der Waals surface area contributed by atoms with Gasteiger partial charge in [-0.2, -0.15) is 4.39 Å². The van der Waals surface area contributed by atoms with Gasteiger partial charge in [-0.05, 0) is 56.8 Å². The zero-order valence-electron chi connectivity index (χ0n) is 21.2. The van der Waals surface area contributed by atoms with Gasteiger partial charge in [0.05, 0.1) is 0 Å². The molecule has 1 N–H and O–H groups in total. The third kappa shape index (κ3) is 8.86. The van der Waals surface area contributed by atoms with Gasteiger partial charge in [0.1, 0.15) is 6.33 Å². The molecule has 1 saturated heterocycles. The third-order valence-electron chi connectivity index (χ3n) is 6.26. The van der Waals surface area contributed by atoms with Gasteiger partial charge in [0.15, 0.2) is 5.82 Å². The highest BCUT2D eigenvalue weighted by atomic mass is 19.3. The Morgan fingerprint density at radius 3 is 2.51 bits per heavy atom. The normalized spacial score (nSPS) is 16.8. The van der Waals surface area contributed by atoms with E-state index < -0.39 is 6.43 Å². The fraction of sp³-hybridized carbons (Fsp3) is 0.393. The van der Waals surface area contributed by atoms with E-state index in [1.165, 1.54) is 48.1 Å². The molecule has 9 heteroatoms. The number of nitrogens with zero attached hydrogens (tertiary/aromatic N) is 5. The van der Waals surface area contributed by atoms with E-state index in [0.717, 1.165) is 30.6 Å². The summed E-state index contributed by atoms with van der Waals surface area (Å²) >= 11 is 0. The highest BCUT2D eigenvalue weighted by molar-refractivity contribution is 5.20. The van der Waals surface area contributed by atoms with Gasteiger partial charge < -0.3 is 9.88 Å². The van der Waals surface area contributed by atoms with Gasteiger partial charge in [-0.3, -0.25) is 4.90 Å². The minimum absolute atomic E-state index is 0.287. The van der Waals surface area contributed by atoms with Crippen LogP contribution in [0, 0.1) is 5.95 Å². The minimum atomic E-state index is -2.57. The Kier molecular flexibility index (Phi) is 10.9. The van der Waals surface area contributed by atoms with E-state index >= 15 is 0 Å². The molecule has 0 amide bonds. The van der Waals surface area contributed by atoms with Crippen LogP contribution in [0.5, 0.6) is 0 Å². The van der Waals surface area contributed by atoms with Crippen molar-refractivity contribution in [1.82, 2.24) is 30.0 Å². The summed E-state index contributed by atoms with van der Waals surface area (Å²) in [6.07, 6.45) is 6.45. The third-order valence-corrected chi connectivity index (χ3v) is 6.26. The van der Waals surface area contributed by atoms with Gasteiger partial charge in [0.2, 0.25) is 5.95 Å². The summed E-state index contributed by atoms with van der Waals surface area (Å²) in [6.45, 7) is 9.95. The fourth-order valence-electron chi connectivity index (χ4n) is 4.09. The lowest BCUT2D eigenvalue weighted by Crippen LogP contribution is -2.32. The second-order valence-electron chi connectivity index (χ2n) is 9.09. The van der Waals surface area contributed by atoms with Crippen LogP contribution in [0.25, 0.3) is 0 Å². The molecule has 3 heterocycles. The molecule has 1 atom stereocenters. The number of aromatic nitrogens is 4. The van der Waals surface area contributed by atoms with E-state index in [1.54, 1.807) is 6.07 Å². The molecular weight excluding hydrogens is 477 g/mol. The first kappa shape index (κ1) is 28.1. The smallest absolute Gasteiger partial charge is 0.297 e. The maximum atomic E-state index is 12.8. The Morgan fingerprint density at radius 1 is 1.16 bits per heavy atom. The molecular formula is C28H35F3N6. The van der Waals surface area contributed by atoms with E-state index in [1.807, 2.05) is 12.1 Å². The van der Waals surface area contributed by atoms with Crippen molar-refractivity contribution < 1.29 is 13.2 Å². The summed E-state index contributed by atoms with van der Waals surface area (Å²) in [4.78, 5) is 5.95. The molecule has 1 aromatic carbocycles. The van der Waals surface area contributed by atoms with Crippen molar-refractivity contribution in [1.29, 1.82) is 0 Å². The van der Waals surface area contributed by atoms with Gasteiger partial charge in [-0.15, -0.1) is 16.8 Å². The van der Waals surface area contributed by atoms with Crippen LogP contribution in [0.15, 0.2) is 79.9 Å². The van der Waals surface area contributed by atoms with E-state index in [4.69, 9.17) is 0 Å². The van der Waals surface area contributed by atoms with Gasteiger partial charge in [-0.1, -0.05) is 49.1 Å². The van der Waals surface area contributed by atoms with Crippen LogP contribution in [-0.4, -0.2) is 44.3 Å². The molecule has 0 bridgehead atoms. The molecule has 2 aromatic heterocycles. The molecule has 1 aliphatic carbocycles. The summed E-state index contributed by atoms with van der Waals surface area (Å²) in [6, 6.07) is 14.6. The number of pyridine rings is 1. The van der Waals surface area contributed by atoms with Crippen molar-refractivity contribution >= 4 is 0 Å². The van der Waals surface area contributed by atoms with Crippen LogP contribution in [-0.2, 0) is 13.1 Å². The van der Waals surface area contributed by atoms with Crippen molar-refractivity contribution in [3.63, 3.8) is 0 Å². The summed E-state index contributed by atoms with van der Waals surface area (Å²) in [5.74, 6) is -0.136. The van der Waals surface area contributed by atoms with Crippen LogP contribution >= 0.6 is 0 Å². The van der Waals surface area contributed by atoms with Crippen LogP contribution in [0.4, 0.5) is 13.2 Å². The minimum Gasteiger partial charge on any atom is -0.383 e. The van der Waals surface area contributed by atoms with Gasteiger partial charge in [-0.25, -0.2) is 13.8 Å². The fourth-order valence-corrected chi connectivity index (χ4v) is 4.09. The predicted octanol–water partition coefficient (Wildman–Crippen LogP) is 5.88. The monoisotopic (exact) mass is 512 g/mol. The summed E-state index contributed by atoms with van der Waals surface area (Å²) in [5, 5.41) is 10.0. The number of halogens is 3. The van der Waals surface area contributed by atoms with Gasteiger partial charge in [0.25, 0.3) is 6.43 Å². The highest BCUT2D eigenvalue weighted by Gasteiger charge is 2.26. The Balaban J connectivity index is 0.000000160. The Morgan fingerprint density at radius 2 is 1.92 bits per heavy atom. The zero-order chi connectivity index (χ0) is 26.6. The number of likely N-dealkylation sites (N-methyl/N-ethyl adjacent to an activating group) is 1. The molecule has 37 heavy (non-hydrogen) atoms. The van der Waals surface area contributed by atoms with Crippen LogP contribution in [0.1, 0.15) is 55.0 Å². The number of alkyl halides is 2. The highest BCUT2D eigenvalue weighted by Crippen LogP contribution is 2.40. The summed E-state index contributed by atoms with van der Waals surface area (Å²) in [7, 11) is 2.17. The first-order valence-electron chi connectivity index (χ1n) is 12.4. The largest absolute Gasteiger partial charge is 0.383 e. The van der Waals surface area contributed by atoms with Crippen molar-refractivity contribution in [2.45, 2.75) is 57.2 Å². The number of nitrogens with one attached hydrogen (secondary N) is 1. The second-order valence-corrected chi connectivity index (χ2v) is 9.09. The molecule has 1 unspecified atom stereocenters. The van der Waals surface area contributed by atoms with E-state index in [2.05, 4.69) is 69.9 Å². The average molecular weight is 513 g/mol. The topological polar surface area (TPSA) is 58.9 Å². The second kappa shape index (κ2) is 14.3. The lowest BCUT2D eigenvalue weighted by molar-refractivity contribution is 0.135. The maximum absolute atomic E-state index is 12.8. The van der Waals surface area contributed by atoms with E-state index in [9.17, 15) is 13.2 Å². The lowest BCUT2D eigenvalue weighted by Gasteiger charge is -2.22. The Labute approximate surface area is 216 Å². The van der Waals surface area contributed by atoms with Crippen molar-refractivity contribution in [2.75, 3.05) is 13.6 Å².